The molecule has 3 atom stereocenters. The van der Waals surface area contributed by atoms with Crippen LogP contribution in [0.3, 0.4) is 0 Å². The van der Waals surface area contributed by atoms with Crippen molar-refractivity contribution in [2.45, 2.75) is 38.3 Å². The van der Waals surface area contributed by atoms with Crippen LogP contribution in [0.15, 0.2) is 30.3 Å². The molecule has 3 rings (SSSR count). The van der Waals surface area contributed by atoms with Crippen LogP contribution >= 0.6 is 0 Å². The van der Waals surface area contributed by atoms with Gasteiger partial charge in [0.1, 0.15) is 0 Å². The van der Waals surface area contributed by atoms with Crippen molar-refractivity contribution in [2.75, 3.05) is 32.8 Å². The summed E-state index contributed by atoms with van der Waals surface area (Å²) in [5, 5.41) is 3.73. The van der Waals surface area contributed by atoms with Crippen molar-refractivity contribution < 1.29 is 4.74 Å². The Kier molecular flexibility index (Phi) is 5.28. The Balaban J connectivity index is 1.58. The van der Waals surface area contributed by atoms with Crippen LogP contribution in [0.25, 0.3) is 0 Å². The first-order valence-electron chi connectivity index (χ1n) is 8.47. The normalized spacial score (nSPS) is 30.6. The van der Waals surface area contributed by atoms with Crippen molar-refractivity contribution in [3.8, 4) is 0 Å². The first-order chi connectivity index (χ1) is 10.4. The van der Waals surface area contributed by atoms with Crippen molar-refractivity contribution >= 4 is 0 Å². The van der Waals surface area contributed by atoms with Crippen molar-refractivity contribution in [3.05, 3.63) is 35.9 Å². The highest BCUT2D eigenvalue weighted by Gasteiger charge is 2.28. The second kappa shape index (κ2) is 7.39. The van der Waals surface area contributed by atoms with Crippen LogP contribution in [-0.4, -0.2) is 43.8 Å². The zero-order valence-electron chi connectivity index (χ0n) is 13.1. The van der Waals surface area contributed by atoms with E-state index in [-0.39, 0.29) is 0 Å². The Morgan fingerprint density at radius 2 is 2.14 bits per heavy atom. The second-order valence-electron chi connectivity index (χ2n) is 6.45. The van der Waals surface area contributed by atoms with Crippen molar-refractivity contribution in [1.82, 2.24) is 10.2 Å². The van der Waals surface area contributed by atoms with Gasteiger partial charge in [-0.3, -0.25) is 4.90 Å². The summed E-state index contributed by atoms with van der Waals surface area (Å²) in [6.07, 6.45) is 3.78. The molecule has 0 saturated carbocycles. The van der Waals surface area contributed by atoms with E-state index in [1.54, 1.807) is 0 Å². The van der Waals surface area contributed by atoms with E-state index in [9.17, 15) is 0 Å². The van der Waals surface area contributed by atoms with Gasteiger partial charge in [-0.05, 0) is 37.3 Å². The number of hydrogen-bond donors (Lipinski definition) is 1. The van der Waals surface area contributed by atoms with Crippen LogP contribution in [0.5, 0.6) is 0 Å². The molecule has 116 valence electrons. The third-order valence-corrected chi connectivity index (χ3v) is 5.06. The summed E-state index contributed by atoms with van der Waals surface area (Å²) in [7, 11) is 0. The van der Waals surface area contributed by atoms with Crippen LogP contribution in [-0.2, 0) is 4.74 Å². The van der Waals surface area contributed by atoms with Gasteiger partial charge in [-0.2, -0.15) is 0 Å². The molecule has 0 amide bonds. The molecular formula is C18H28N2O. The highest BCUT2D eigenvalue weighted by Crippen LogP contribution is 2.23. The SMILES string of the molecule is CCC1CNC(c2ccccc2)CN1CCC1CCOC1. The van der Waals surface area contributed by atoms with Crippen molar-refractivity contribution in [1.29, 1.82) is 0 Å². The average molecular weight is 288 g/mol. The molecule has 0 bridgehead atoms. The molecule has 1 aromatic rings. The van der Waals surface area contributed by atoms with Gasteiger partial charge in [0.15, 0.2) is 0 Å². The predicted molar refractivity (Wildman–Crippen MR) is 86.4 cm³/mol. The maximum atomic E-state index is 5.51. The number of rotatable bonds is 5. The molecule has 2 fully saturated rings. The second-order valence-corrected chi connectivity index (χ2v) is 6.45. The van der Waals surface area contributed by atoms with Crippen LogP contribution in [0.1, 0.15) is 37.8 Å². The van der Waals surface area contributed by atoms with Crippen LogP contribution < -0.4 is 5.32 Å². The summed E-state index contributed by atoms with van der Waals surface area (Å²) in [6.45, 7) is 7.72. The topological polar surface area (TPSA) is 24.5 Å². The van der Waals surface area contributed by atoms with Crippen molar-refractivity contribution in [3.63, 3.8) is 0 Å². The van der Waals surface area contributed by atoms with E-state index >= 15 is 0 Å². The summed E-state index contributed by atoms with van der Waals surface area (Å²) in [5.74, 6) is 0.785. The smallest absolute Gasteiger partial charge is 0.0495 e. The van der Waals surface area contributed by atoms with E-state index < -0.39 is 0 Å². The Morgan fingerprint density at radius 3 is 2.86 bits per heavy atom. The number of benzene rings is 1. The largest absolute Gasteiger partial charge is 0.381 e. The standard InChI is InChI=1S/C18H28N2O/c1-2-17-12-19-18(16-6-4-3-5-7-16)13-20(17)10-8-15-9-11-21-14-15/h3-7,15,17-19H,2,8-14H2,1H3. The van der Waals surface area contributed by atoms with E-state index in [4.69, 9.17) is 4.74 Å². The molecule has 0 radical (unpaired) electrons. The Hall–Kier alpha value is -0.900. The van der Waals surface area contributed by atoms with Crippen molar-refractivity contribution in [2.24, 2.45) is 5.92 Å². The molecule has 2 aliphatic heterocycles. The summed E-state index contributed by atoms with van der Waals surface area (Å²) in [4.78, 5) is 2.70. The molecular weight excluding hydrogens is 260 g/mol. The van der Waals surface area contributed by atoms with Gasteiger partial charge < -0.3 is 10.1 Å². The first-order valence-corrected chi connectivity index (χ1v) is 8.47. The Labute approximate surface area is 128 Å². The lowest BCUT2D eigenvalue weighted by Crippen LogP contribution is -2.52. The molecule has 3 heteroatoms. The van der Waals surface area contributed by atoms with Gasteiger partial charge in [-0.1, -0.05) is 37.3 Å². The molecule has 2 saturated heterocycles. The summed E-state index contributed by atoms with van der Waals surface area (Å²) in [5.41, 5.74) is 1.42. The number of nitrogens with one attached hydrogen (secondary N) is 1. The summed E-state index contributed by atoms with van der Waals surface area (Å²) >= 11 is 0. The minimum atomic E-state index is 0.480. The first kappa shape index (κ1) is 15.0. The van der Waals surface area contributed by atoms with Gasteiger partial charge in [0.05, 0.1) is 0 Å². The molecule has 1 N–H and O–H groups in total. The maximum absolute atomic E-state index is 5.51. The molecule has 0 aliphatic carbocycles. The molecule has 3 nitrogen and oxygen atoms in total. The fraction of sp³-hybridized carbons (Fsp3) is 0.667. The van der Waals surface area contributed by atoms with Crippen LogP contribution in [0, 0.1) is 5.92 Å². The highest BCUT2D eigenvalue weighted by molar-refractivity contribution is 5.20. The third kappa shape index (κ3) is 3.85. The Morgan fingerprint density at radius 1 is 1.29 bits per heavy atom. The lowest BCUT2D eigenvalue weighted by atomic mass is 9.98. The minimum absolute atomic E-state index is 0.480. The lowest BCUT2D eigenvalue weighted by Gasteiger charge is -2.40. The van der Waals surface area contributed by atoms with Crippen LogP contribution in [0.2, 0.25) is 0 Å². The van der Waals surface area contributed by atoms with E-state index in [1.807, 2.05) is 0 Å². The number of nitrogens with zero attached hydrogens (tertiary/aromatic N) is 1. The average Bonchev–Trinajstić information content (AvgIpc) is 3.07. The minimum Gasteiger partial charge on any atom is -0.381 e. The highest BCUT2D eigenvalue weighted by atomic mass is 16.5. The lowest BCUT2D eigenvalue weighted by molar-refractivity contribution is 0.115. The van der Waals surface area contributed by atoms with Gasteiger partial charge in [0.2, 0.25) is 0 Å². The van der Waals surface area contributed by atoms with Gasteiger partial charge in [-0.25, -0.2) is 0 Å². The summed E-state index contributed by atoms with van der Waals surface area (Å²) in [6, 6.07) is 12.0. The molecule has 1 aromatic carbocycles. The van der Waals surface area contributed by atoms with Gasteiger partial charge in [0.25, 0.3) is 0 Å². The molecule has 2 aliphatic rings. The predicted octanol–water partition coefficient (Wildman–Crippen LogP) is 2.84. The van der Waals surface area contributed by atoms with E-state index in [2.05, 4.69) is 47.5 Å². The maximum Gasteiger partial charge on any atom is 0.0495 e. The molecule has 3 unspecified atom stereocenters. The Bertz CT molecular complexity index is 416. The summed E-state index contributed by atoms with van der Waals surface area (Å²) < 4.78 is 5.51. The van der Waals surface area contributed by atoms with E-state index in [0.29, 0.717) is 12.1 Å². The molecule has 0 aromatic heterocycles. The quantitative estimate of drug-likeness (QED) is 0.901. The molecule has 0 spiro atoms. The number of hydrogen-bond acceptors (Lipinski definition) is 3. The molecule has 21 heavy (non-hydrogen) atoms. The van der Waals surface area contributed by atoms with Gasteiger partial charge >= 0.3 is 0 Å². The number of ether oxygens (including phenoxy) is 1. The van der Waals surface area contributed by atoms with E-state index in [1.165, 1.54) is 31.4 Å². The fourth-order valence-corrected chi connectivity index (χ4v) is 3.60. The fourth-order valence-electron chi connectivity index (χ4n) is 3.60. The van der Waals surface area contributed by atoms with Gasteiger partial charge in [-0.15, -0.1) is 0 Å². The monoisotopic (exact) mass is 288 g/mol. The van der Waals surface area contributed by atoms with Gasteiger partial charge in [0, 0.05) is 38.4 Å². The molecule has 2 heterocycles. The zero-order valence-corrected chi connectivity index (χ0v) is 13.1. The zero-order chi connectivity index (χ0) is 14.5. The van der Waals surface area contributed by atoms with Crippen LogP contribution in [0.4, 0.5) is 0 Å². The third-order valence-electron chi connectivity index (χ3n) is 5.06. The number of piperazine rings is 1. The van der Waals surface area contributed by atoms with E-state index in [0.717, 1.165) is 32.2 Å².